The molecule has 298 valence electrons. The summed E-state index contributed by atoms with van der Waals surface area (Å²) >= 11 is 0. The van der Waals surface area contributed by atoms with E-state index >= 15 is 0 Å². The lowest BCUT2D eigenvalue weighted by atomic mass is 10.0. The zero-order valence-electron chi connectivity index (χ0n) is 33.9. The van der Waals surface area contributed by atoms with Gasteiger partial charge in [-0.2, -0.15) is 0 Å². The molecule has 0 aliphatic heterocycles. The van der Waals surface area contributed by atoms with E-state index in [2.05, 4.69) is 45.1 Å². The van der Waals surface area contributed by atoms with Crippen LogP contribution in [0.1, 0.15) is 226 Å². The molecule has 1 unspecified atom stereocenters. The van der Waals surface area contributed by atoms with E-state index in [-0.39, 0.29) is 31.1 Å². The molecular formula is C45H82O6. The summed E-state index contributed by atoms with van der Waals surface area (Å²) in [5, 5.41) is 0. The molecule has 1 atom stereocenters. The van der Waals surface area contributed by atoms with E-state index in [0.717, 1.165) is 70.6 Å². The van der Waals surface area contributed by atoms with Crippen LogP contribution in [0.2, 0.25) is 0 Å². The molecule has 0 saturated carbocycles. The minimum atomic E-state index is -0.775. The van der Waals surface area contributed by atoms with Crippen molar-refractivity contribution in [1.82, 2.24) is 0 Å². The van der Waals surface area contributed by atoms with E-state index in [9.17, 15) is 14.4 Å². The Morgan fingerprint density at radius 2 is 0.706 bits per heavy atom. The van der Waals surface area contributed by atoms with Crippen molar-refractivity contribution in [1.29, 1.82) is 0 Å². The van der Waals surface area contributed by atoms with Crippen LogP contribution in [-0.2, 0) is 28.6 Å². The van der Waals surface area contributed by atoms with Gasteiger partial charge in [0, 0.05) is 19.3 Å². The van der Waals surface area contributed by atoms with Crippen LogP contribution >= 0.6 is 0 Å². The van der Waals surface area contributed by atoms with E-state index < -0.39 is 6.10 Å². The number of carbonyl (C=O) groups excluding carboxylic acids is 3. The molecule has 0 N–H and O–H groups in total. The Bertz CT molecular complexity index is 835. The molecule has 0 radical (unpaired) electrons. The van der Waals surface area contributed by atoms with Gasteiger partial charge in [-0.1, -0.05) is 193 Å². The Balaban J connectivity index is 4.39. The molecule has 51 heavy (non-hydrogen) atoms. The number of hydrogen-bond acceptors (Lipinski definition) is 6. The van der Waals surface area contributed by atoms with Crippen molar-refractivity contribution in [3.05, 3.63) is 24.3 Å². The molecule has 0 aromatic carbocycles. The quantitative estimate of drug-likeness (QED) is 0.0272. The molecule has 0 aliphatic rings. The van der Waals surface area contributed by atoms with E-state index in [1.54, 1.807) is 0 Å². The van der Waals surface area contributed by atoms with E-state index in [1.807, 2.05) is 0 Å². The molecule has 6 nitrogen and oxygen atoms in total. The van der Waals surface area contributed by atoms with Crippen molar-refractivity contribution in [2.24, 2.45) is 0 Å². The molecule has 0 amide bonds. The molecule has 0 aliphatic carbocycles. The van der Waals surface area contributed by atoms with Gasteiger partial charge in [-0.15, -0.1) is 0 Å². The second-order valence-corrected chi connectivity index (χ2v) is 14.6. The summed E-state index contributed by atoms with van der Waals surface area (Å²) in [6, 6.07) is 0. The monoisotopic (exact) mass is 719 g/mol. The molecule has 0 fully saturated rings. The second kappa shape index (κ2) is 40.7. The number of esters is 3. The lowest BCUT2D eigenvalue weighted by molar-refractivity contribution is -0.167. The fourth-order valence-corrected chi connectivity index (χ4v) is 6.12. The summed E-state index contributed by atoms with van der Waals surface area (Å²) < 4.78 is 16.6. The first-order valence-corrected chi connectivity index (χ1v) is 21.9. The van der Waals surface area contributed by atoms with Gasteiger partial charge in [-0.05, 0) is 38.5 Å². The highest BCUT2D eigenvalue weighted by molar-refractivity contribution is 5.71. The molecule has 0 saturated heterocycles. The van der Waals surface area contributed by atoms with Crippen molar-refractivity contribution in [2.45, 2.75) is 232 Å². The molecular weight excluding hydrogens is 636 g/mol. The van der Waals surface area contributed by atoms with Crippen molar-refractivity contribution >= 4 is 17.9 Å². The third-order valence-corrected chi connectivity index (χ3v) is 9.49. The smallest absolute Gasteiger partial charge is 0.306 e. The van der Waals surface area contributed by atoms with Crippen molar-refractivity contribution in [3.63, 3.8) is 0 Å². The Morgan fingerprint density at radius 1 is 0.392 bits per heavy atom. The lowest BCUT2D eigenvalue weighted by Crippen LogP contribution is -2.30. The zero-order chi connectivity index (χ0) is 37.3. The van der Waals surface area contributed by atoms with Gasteiger partial charge in [0.05, 0.1) is 0 Å². The van der Waals surface area contributed by atoms with Crippen molar-refractivity contribution in [2.75, 3.05) is 13.2 Å². The van der Waals surface area contributed by atoms with Gasteiger partial charge < -0.3 is 14.2 Å². The largest absolute Gasteiger partial charge is 0.462 e. The number of ether oxygens (including phenoxy) is 3. The second-order valence-electron chi connectivity index (χ2n) is 14.6. The lowest BCUT2D eigenvalue weighted by Gasteiger charge is -2.18. The Kier molecular flexibility index (Phi) is 39.0. The Labute approximate surface area is 315 Å². The number of carbonyl (C=O) groups is 3. The maximum absolute atomic E-state index is 12.6. The van der Waals surface area contributed by atoms with Crippen LogP contribution in [0.4, 0.5) is 0 Å². The molecule has 0 spiro atoms. The first-order chi connectivity index (χ1) is 25.0. The van der Waals surface area contributed by atoms with Crippen molar-refractivity contribution in [3.8, 4) is 0 Å². The van der Waals surface area contributed by atoms with Crippen LogP contribution in [-0.4, -0.2) is 37.2 Å². The van der Waals surface area contributed by atoms with Crippen LogP contribution in [0.25, 0.3) is 0 Å². The molecule has 0 aromatic heterocycles. The van der Waals surface area contributed by atoms with Crippen LogP contribution in [0.5, 0.6) is 0 Å². The number of rotatable bonds is 39. The summed E-state index contributed by atoms with van der Waals surface area (Å²) in [6.07, 6.45) is 43.0. The topological polar surface area (TPSA) is 78.9 Å². The zero-order valence-corrected chi connectivity index (χ0v) is 33.9. The number of hydrogen-bond donors (Lipinski definition) is 0. The fourth-order valence-electron chi connectivity index (χ4n) is 6.12. The highest BCUT2D eigenvalue weighted by Gasteiger charge is 2.19. The third kappa shape index (κ3) is 38.9. The third-order valence-electron chi connectivity index (χ3n) is 9.49. The van der Waals surface area contributed by atoms with Gasteiger partial charge >= 0.3 is 17.9 Å². The predicted molar refractivity (Wildman–Crippen MR) is 215 cm³/mol. The van der Waals surface area contributed by atoms with Gasteiger partial charge in [-0.25, -0.2) is 0 Å². The van der Waals surface area contributed by atoms with Crippen LogP contribution < -0.4 is 0 Å². The highest BCUT2D eigenvalue weighted by Crippen LogP contribution is 2.14. The molecule has 0 heterocycles. The number of allylic oxidation sites excluding steroid dienone is 4. The summed E-state index contributed by atoms with van der Waals surface area (Å²) in [7, 11) is 0. The normalized spacial score (nSPS) is 12.1. The van der Waals surface area contributed by atoms with Crippen molar-refractivity contribution < 1.29 is 28.6 Å². The molecule has 0 bridgehead atoms. The van der Waals surface area contributed by atoms with Crippen LogP contribution in [0.3, 0.4) is 0 Å². The van der Waals surface area contributed by atoms with Gasteiger partial charge in [-0.3, -0.25) is 14.4 Å². The van der Waals surface area contributed by atoms with Gasteiger partial charge in [0.1, 0.15) is 13.2 Å². The average Bonchev–Trinajstić information content (AvgIpc) is 3.12. The molecule has 0 rings (SSSR count). The summed E-state index contributed by atoms with van der Waals surface area (Å²) in [5.41, 5.74) is 0. The fraction of sp³-hybridized carbons (Fsp3) is 0.844. The van der Waals surface area contributed by atoms with E-state index in [1.165, 1.54) is 116 Å². The molecule has 0 aromatic rings. The first-order valence-electron chi connectivity index (χ1n) is 21.9. The minimum Gasteiger partial charge on any atom is -0.462 e. The Morgan fingerprint density at radius 3 is 1.10 bits per heavy atom. The highest BCUT2D eigenvalue weighted by atomic mass is 16.6. The summed E-state index contributed by atoms with van der Waals surface area (Å²) in [4.78, 5) is 37.6. The average molecular weight is 719 g/mol. The Hall–Kier alpha value is -2.11. The maximum Gasteiger partial charge on any atom is 0.306 e. The van der Waals surface area contributed by atoms with E-state index in [4.69, 9.17) is 14.2 Å². The SMILES string of the molecule is CCCC/C=C\C=C/CCCCCC(=O)OC(COC(=O)CCCCCCCCCCCC)COC(=O)CCCCCCCCCCCCCC. The van der Waals surface area contributed by atoms with Crippen LogP contribution in [0.15, 0.2) is 24.3 Å². The van der Waals surface area contributed by atoms with Gasteiger partial charge in [0.15, 0.2) is 6.10 Å². The molecule has 6 heteroatoms. The standard InChI is InChI=1S/C45H82O6/c1-4-7-10-13-16-19-22-24-26-29-32-35-38-44(47)50-41-42(40-49-43(46)37-34-31-28-25-21-18-15-12-9-6-3)51-45(48)39-36-33-30-27-23-20-17-14-11-8-5-2/h14,17,20,23,42H,4-13,15-16,18-19,21-22,24-41H2,1-3H3/b17-14-,23-20-. The van der Waals surface area contributed by atoms with Gasteiger partial charge in [0.25, 0.3) is 0 Å². The van der Waals surface area contributed by atoms with Crippen LogP contribution in [0, 0.1) is 0 Å². The summed E-state index contributed by atoms with van der Waals surface area (Å²) in [5.74, 6) is -0.906. The summed E-state index contributed by atoms with van der Waals surface area (Å²) in [6.45, 7) is 6.54. The number of unbranched alkanes of at least 4 members (excludes halogenated alkanes) is 25. The van der Waals surface area contributed by atoms with Gasteiger partial charge in [0.2, 0.25) is 0 Å². The predicted octanol–water partition coefficient (Wildman–Crippen LogP) is 13.6. The first kappa shape index (κ1) is 48.9. The van der Waals surface area contributed by atoms with E-state index in [0.29, 0.717) is 19.3 Å². The maximum atomic E-state index is 12.6. The minimum absolute atomic E-state index is 0.0784.